The Hall–Kier alpha value is -2.63. The molecule has 0 aliphatic heterocycles. The van der Waals surface area contributed by atoms with Gasteiger partial charge in [-0.15, -0.1) is 0 Å². The zero-order valence-corrected chi connectivity index (χ0v) is 10.7. The van der Waals surface area contributed by atoms with E-state index in [1.807, 2.05) is 24.3 Å². The Labute approximate surface area is 115 Å². The largest absolute Gasteiger partial charge is 0.399 e. The number of hydrogen-bond acceptors (Lipinski definition) is 5. The van der Waals surface area contributed by atoms with Crippen molar-refractivity contribution in [1.29, 1.82) is 0 Å². The monoisotopic (exact) mass is 267 g/mol. The summed E-state index contributed by atoms with van der Waals surface area (Å²) in [6.07, 6.45) is 5.42. The maximum Gasteiger partial charge on any atom is 0.238 e. The SMILES string of the molecule is Nc1ccc(C2(c3nc(-c4ncc[nH]4)no3)CC2)cc1. The highest BCUT2D eigenvalue weighted by Gasteiger charge is 2.51. The van der Waals surface area contributed by atoms with Crippen LogP contribution < -0.4 is 5.73 Å². The molecule has 100 valence electrons. The van der Waals surface area contributed by atoms with Crippen LogP contribution in [0.3, 0.4) is 0 Å². The van der Waals surface area contributed by atoms with Crippen molar-refractivity contribution in [3.8, 4) is 11.6 Å². The number of nitrogen functional groups attached to an aromatic ring is 1. The molecule has 1 saturated carbocycles. The Morgan fingerprint density at radius 2 is 2.00 bits per heavy atom. The fraction of sp³-hybridized carbons (Fsp3) is 0.214. The molecule has 0 saturated heterocycles. The molecule has 0 atom stereocenters. The van der Waals surface area contributed by atoms with Crippen molar-refractivity contribution in [2.75, 3.05) is 5.73 Å². The molecular weight excluding hydrogens is 254 g/mol. The quantitative estimate of drug-likeness (QED) is 0.709. The third-order valence-electron chi connectivity index (χ3n) is 3.76. The molecule has 3 aromatic rings. The molecule has 6 nitrogen and oxygen atoms in total. The maximum atomic E-state index is 5.73. The Balaban J connectivity index is 1.72. The molecule has 2 heterocycles. The minimum Gasteiger partial charge on any atom is -0.399 e. The second-order valence-corrected chi connectivity index (χ2v) is 5.07. The van der Waals surface area contributed by atoms with E-state index in [1.165, 1.54) is 5.56 Å². The second kappa shape index (κ2) is 3.93. The number of H-pyrrole nitrogens is 1. The summed E-state index contributed by atoms with van der Waals surface area (Å²) in [4.78, 5) is 11.6. The zero-order valence-electron chi connectivity index (χ0n) is 10.7. The molecule has 0 amide bonds. The summed E-state index contributed by atoms with van der Waals surface area (Å²) in [5.41, 5.74) is 7.51. The fourth-order valence-corrected chi connectivity index (χ4v) is 2.45. The van der Waals surface area contributed by atoms with Crippen LogP contribution in [0.2, 0.25) is 0 Å². The summed E-state index contributed by atoms with van der Waals surface area (Å²) in [6.45, 7) is 0. The first-order chi connectivity index (χ1) is 9.78. The van der Waals surface area contributed by atoms with E-state index in [0.717, 1.165) is 18.5 Å². The molecule has 0 spiro atoms. The number of nitrogens with one attached hydrogen (secondary N) is 1. The first kappa shape index (κ1) is 11.2. The van der Waals surface area contributed by atoms with Crippen molar-refractivity contribution in [3.05, 3.63) is 48.1 Å². The summed E-state index contributed by atoms with van der Waals surface area (Å²) >= 11 is 0. The normalized spacial score (nSPS) is 16.2. The minimum absolute atomic E-state index is 0.147. The van der Waals surface area contributed by atoms with Crippen LogP contribution in [-0.2, 0) is 5.41 Å². The topological polar surface area (TPSA) is 93.6 Å². The number of imidazole rings is 1. The number of nitrogens with zero attached hydrogens (tertiary/aromatic N) is 3. The van der Waals surface area contributed by atoms with Crippen LogP contribution >= 0.6 is 0 Å². The molecule has 1 fully saturated rings. The molecule has 3 N–H and O–H groups in total. The van der Waals surface area contributed by atoms with Gasteiger partial charge in [0.2, 0.25) is 11.7 Å². The molecular formula is C14H13N5O. The van der Waals surface area contributed by atoms with Crippen molar-refractivity contribution in [2.24, 2.45) is 0 Å². The lowest BCUT2D eigenvalue weighted by Gasteiger charge is -2.10. The van der Waals surface area contributed by atoms with Gasteiger partial charge in [-0.2, -0.15) is 4.98 Å². The van der Waals surface area contributed by atoms with E-state index in [1.54, 1.807) is 12.4 Å². The van der Waals surface area contributed by atoms with E-state index < -0.39 is 0 Å². The number of aromatic nitrogens is 4. The number of hydrogen-bond donors (Lipinski definition) is 2. The van der Waals surface area contributed by atoms with Gasteiger partial charge in [-0.1, -0.05) is 17.3 Å². The Bertz CT molecular complexity index is 725. The lowest BCUT2D eigenvalue weighted by molar-refractivity contribution is 0.360. The second-order valence-electron chi connectivity index (χ2n) is 5.07. The van der Waals surface area contributed by atoms with E-state index in [2.05, 4.69) is 20.1 Å². The molecule has 6 heteroatoms. The van der Waals surface area contributed by atoms with Crippen molar-refractivity contribution in [2.45, 2.75) is 18.3 Å². The lowest BCUT2D eigenvalue weighted by atomic mass is 9.96. The van der Waals surface area contributed by atoms with E-state index in [4.69, 9.17) is 10.3 Å². The van der Waals surface area contributed by atoms with E-state index in [-0.39, 0.29) is 5.41 Å². The lowest BCUT2D eigenvalue weighted by Crippen LogP contribution is -2.09. The van der Waals surface area contributed by atoms with E-state index in [9.17, 15) is 0 Å². The van der Waals surface area contributed by atoms with Crippen LogP contribution in [0, 0.1) is 0 Å². The number of benzene rings is 1. The van der Waals surface area contributed by atoms with E-state index in [0.29, 0.717) is 17.5 Å². The van der Waals surface area contributed by atoms with Gasteiger partial charge in [-0.05, 0) is 30.5 Å². The number of nitrogens with two attached hydrogens (primary N) is 1. The van der Waals surface area contributed by atoms with Crippen LogP contribution in [0.4, 0.5) is 5.69 Å². The zero-order chi connectivity index (χ0) is 13.6. The summed E-state index contributed by atoms with van der Waals surface area (Å²) < 4.78 is 5.45. The van der Waals surface area contributed by atoms with Gasteiger partial charge in [0.15, 0.2) is 5.82 Å². The number of aromatic amines is 1. The van der Waals surface area contributed by atoms with Gasteiger partial charge in [-0.3, -0.25) is 0 Å². The third-order valence-corrected chi connectivity index (χ3v) is 3.76. The predicted molar refractivity (Wildman–Crippen MR) is 72.7 cm³/mol. The number of anilines is 1. The highest BCUT2D eigenvalue weighted by atomic mass is 16.5. The highest BCUT2D eigenvalue weighted by Crippen LogP contribution is 2.53. The van der Waals surface area contributed by atoms with Gasteiger partial charge in [0.05, 0.1) is 5.41 Å². The average Bonchev–Trinajstić information content (AvgIpc) is 2.93. The van der Waals surface area contributed by atoms with Crippen LogP contribution in [0.15, 0.2) is 41.2 Å². The summed E-state index contributed by atoms with van der Waals surface area (Å²) in [5.74, 6) is 1.76. The predicted octanol–water partition coefficient (Wildman–Crippen LogP) is 2.12. The maximum absolute atomic E-state index is 5.73. The molecule has 0 unspecified atom stereocenters. The van der Waals surface area contributed by atoms with Gasteiger partial charge in [0.25, 0.3) is 0 Å². The molecule has 4 rings (SSSR count). The fourth-order valence-electron chi connectivity index (χ4n) is 2.45. The van der Waals surface area contributed by atoms with Crippen LogP contribution in [0.25, 0.3) is 11.6 Å². The average molecular weight is 267 g/mol. The van der Waals surface area contributed by atoms with Gasteiger partial charge >= 0.3 is 0 Å². The Morgan fingerprint density at radius 3 is 2.65 bits per heavy atom. The summed E-state index contributed by atoms with van der Waals surface area (Å²) in [6, 6.07) is 7.86. The molecule has 2 aromatic heterocycles. The number of rotatable bonds is 3. The van der Waals surface area contributed by atoms with Gasteiger partial charge in [0.1, 0.15) is 0 Å². The minimum atomic E-state index is -0.147. The van der Waals surface area contributed by atoms with Crippen molar-refractivity contribution in [1.82, 2.24) is 20.1 Å². The Kier molecular flexibility index (Phi) is 2.20. The van der Waals surface area contributed by atoms with Crippen molar-refractivity contribution in [3.63, 3.8) is 0 Å². The van der Waals surface area contributed by atoms with Crippen LogP contribution in [0.5, 0.6) is 0 Å². The molecule has 1 aliphatic rings. The van der Waals surface area contributed by atoms with Crippen molar-refractivity contribution < 1.29 is 4.52 Å². The summed E-state index contributed by atoms with van der Waals surface area (Å²) in [7, 11) is 0. The first-order valence-electron chi connectivity index (χ1n) is 6.48. The first-order valence-corrected chi connectivity index (χ1v) is 6.48. The molecule has 1 aromatic carbocycles. The summed E-state index contributed by atoms with van der Waals surface area (Å²) in [5, 5.41) is 4.00. The van der Waals surface area contributed by atoms with E-state index >= 15 is 0 Å². The third kappa shape index (κ3) is 1.61. The van der Waals surface area contributed by atoms with Crippen LogP contribution in [0.1, 0.15) is 24.3 Å². The van der Waals surface area contributed by atoms with Gasteiger partial charge < -0.3 is 15.2 Å². The smallest absolute Gasteiger partial charge is 0.238 e. The van der Waals surface area contributed by atoms with Gasteiger partial charge in [0, 0.05) is 18.1 Å². The van der Waals surface area contributed by atoms with Crippen molar-refractivity contribution >= 4 is 5.69 Å². The van der Waals surface area contributed by atoms with Crippen LogP contribution in [-0.4, -0.2) is 20.1 Å². The Morgan fingerprint density at radius 1 is 1.20 bits per heavy atom. The standard InChI is InChI=1S/C14H13N5O/c15-10-3-1-9(2-4-10)14(5-6-14)13-18-12(19-20-13)11-16-7-8-17-11/h1-4,7-8H,5-6,15H2,(H,16,17). The van der Waals surface area contributed by atoms with Gasteiger partial charge in [-0.25, -0.2) is 4.98 Å². The molecule has 20 heavy (non-hydrogen) atoms. The molecule has 0 bridgehead atoms. The molecule has 1 aliphatic carbocycles. The molecule has 0 radical (unpaired) electrons. The highest BCUT2D eigenvalue weighted by molar-refractivity contribution is 5.47.